The van der Waals surface area contributed by atoms with Crippen molar-refractivity contribution in [3.8, 4) is 0 Å². The molecule has 8 heteroatoms. The first-order valence-electron chi connectivity index (χ1n) is 7.25. The molecule has 2 atom stereocenters. The molecule has 23 heavy (non-hydrogen) atoms. The number of hydrogen-bond acceptors (Lipinski definition) is 4. The topological polar surface area (TPSA) is 77.9 Å². The number of likely N-dealkylation sites (tertiary alicyclic amines) is 1. The minimum Gasteiger partial charge on any atom is -0.391 e. The van der Waals surface area contributed by atoms with Crippen LogP contribution in [0.25, 0.3) is 0 Å². The van der Waals surface area contributed by atoms with Crippen molar-refractivity contribution in [2.24, 2.45) is 5.92 Å². The fourth-order valence-corrected chi connectivity index (χ4v) is 3.81. The fraction of sp³-hybridized carbons (Fsp3) is 0.533. The third-order valence-electron chi connectivity index (χ3n) is 3.96. The predicted molar refractivity (Wildman–Crippen MR) is 84.0 cm³/mol. The van der Waals surface area contributed by atoms with E-state index >= 15 is 0 Å². The normalized spacial score (nSPS) is 21.9. The van der Waals surface area contributed by atoms with Gasteiger partial charge < -0.3 is 10.0 Å². The fourth-order valence-electron chi connectivity index (χ4n) is 2.65. The van der Waals surface area contributed by atoms with E-state index in [2.05, 4.69) is 0 Å². The van der Waals surface area contributed by atoms with E-state index in [0.29, 0.717) is 5.56 Å². The Balaban J connectivity index is 2.13. The molecule has 1 aromatic rings. The van der Waals surface area contributed by atoms with Gasteiger partial charge in [0.05, 0.1) is 11.9 Å². The number of sulfonamides is 1. The molecular weight excluding hydrogens is 323 g/mol. The Morgan fingerprint density at radius 3 is 2.57 bits per heavy atom. The summed E-state index contributed by atoms with van der Waals surface area (Å²) in [6.07, 6.45) is -0.914. The molecule has 1 fully saturated rings. The van der Waals surface area contributed by atoms with Crippen LogP contribution in [-0.4, -0.2) is 67.7 Å². The predicted octanol–water partition coefficient (Wildman–Crippen LogP) is 0.458. The van der Waals surface area contributed by atoms with Gasteiger partial charge in [-0.25, -0.2) is 17.1 Å². The van der Waals surface area contributed by atoms with Crippen molar-refractivity contribution in [3.63, 3.8) is 0 Å². The average Bonchev–Trinajstić information content (AvgIpc) is 2.77. The standard InChI is InChI=1S/C15H21FN2O4S/c1-10-4-11(6-13(16)5-10)15(20)18-7-12(14(19)8-18)9-23(21,22)17(2)3/h4-6,12,14,19H,7-9H2,1-3H3/t12-,14+/m0/s1. The number of rotatable bonds is 4. The maximum absolute atomic E-state index is 13.4. The van der Waals surface area contributed by atoms with Gasteiger partial charge in [-0.15, -0.1) is 0 Å². The summed E-state index contributed by atoms with van der Waals surface area (Å²) < 4.78 is 38.4. The summed E-state index contributed by atoms with van der Waals surface area (Å²) >= 11 is 0. The van der Waals surface area contributed by atoms with Gasteiger partial charge in [0.1, 0.15) is 5.82 Å². The number of aliphatic hydroxyl groups is 1. The molecule has 1 aliphatic rings. The number of halogens is 1. The zero-order valence-corrected chi connectivity index (χ0v) is 14.2. The highest BCUT2D eigenvalue weighted by atomic mass is 32.2. The molecule has 1 saturated heterocycles. The monoisotopic (exact) mass is 344 g/mol. The van der Waals surface area contributed by atoms with Crippen molar-refractivity contribution in [3.05, 3.63) is 35.1 Å². The number of aliphatic hydroxyl groups excluding tert-OH is 1. The molecule has 6 nitrogen and oxygen atoms in total. The van der Waals surface area contributed by atoms with E-state index < -0.39 is 33.8 Å². The minimum absolute atomic E-state index is 0.0437. The van der Waals surface area contributed by atoms with E-state index in [1.165, 1.54) is 25.1 Å². The molecule has 0 aromatic heterocycles. The summed E-state index contributed by atoms with van der Waals surface area (Å²) in [6.45, 7) is 1.86. The molecule has 0 saturated carbocycles. The van der Waals surface area contributed by atoms with Crippen LogP contribution in [0.2, 0.25) is 0 Å². The molecule has 1 aliphatic heterocycles. The number of carbonyl (C=O) groups is 1. The lowest BCUT2D eigenvalue weighted by molar-refractivity contribution is 0.0764. The summed E-state index contributed by atoms with van der Waals surface area (Å²) in [7, 11) is -0.615. The van der Waals surface area contributed by atoms with Crippen molar-refractivity contribution in [2.45, 2.75) is 13.0 Å². The molecule has 0 bridgehead atoms. The molecule has 0 radical (unpaired) electrons. The molecule has 0 aliphatic carbocycles. The number of nitrogens with zero attached hydrogens (tertiary/aromatic N) is 2. The first-order chi connectivity index (χ1) is 10.6. The summed E-state index contributed by atoms with van der Waals surface area (Å²) in [6, 6.07) is 4.04. The minimum atomic E-state index is -3.47. The van der Waals surface area contributed by atoms with Crippen LogP contribution >= 0.6 is 0 Å². The number of carbonyl (C=O) groups excluding carboxylic acids is 1. The number of aryl methyl sites for hydroxylation is 1. The van der Waals surface area contributed by atoms with Gasteiger partial charge >= 0.3 is 0 Å². The van der Waals surface area contributed by atoms with Crippen LogP contribution in [0.5, 0.6) is 0 Å². The zero-order chi connectivity index (χ0) is 17.4. The summed E-state index contributed by atoms with van der Waals surface area (Å²) in [5.74, 6) is -1.69. The highest BCUT2D eigenvalue weighted by Gasteiger charge is 2.37. The second-order valence-electron chi connectivity index (χ2n) is 6.12. The van der Waals surface area contributed by atoms with Gasteiger partial charge in [-0.05, 0) is 30.7 Å². The first kappa shape index (κ1) is 17.8. The number of benzene rings is 1. The van der Waals surface area contributed by atoms with E-state index in [0.717, 1.165) is 10.4 Å². The lowest BCUT2D eigenvalue weighted by Gasteiger charge is -2.18. The van der Waals surface area contributed by atoms with Crippen LogP contribution in [0, 0.1) is 18.7 Å². The van der Waals surface area contributed by atoms with E-state index in [4.69, 9.17) is 0 Å². The lowest BCUT2D eigenvalue weighted by Crippen LogP contribution is -2.33. The van der Waals surface area contributed by atoms with E-state index in [9.17, 15) is 22.7 Å². The summed E-state index contributed by atoms with van der Waals surface area (Å²) in [5.41, 5.74) is 0.825. The van der Waals surface area contributed by atoms with E-state index in [-0.39, 0.29) is 24.4 Å². The van der Waals surface area contributed by atoms with Crippen molar-refractivity contribution in [1.82, 2.24) is 9.21 Å². The van der Waals surface area contributed by atoms with Crippen LogP contribution in [0.4, 0.5) is 4.39 Å². The Morgan fingerprint density at radius 1 is 1.35 bits per heavy atom. The van der Waals surface area contributed by atoms with Crippen molar-refractivity contribution in [1.29, 1.82) is 0 Å². The highest BCUT2D eigenvalue weighted by Crippen LogP contribution is 2.22. The van der Waals surface area contributed by atoms with Crippen LogP contribution in [-0.2, 0) is 10.0 Å². The van der Waals surface area contributed by atoms with Gasteiger partial charge in [0.25, 0.3) is 5.91 Å². The molecule has 1 aromatic carbocycles. The van der Waals surface area contributed by atoms with Crippen LogP contribution in [0.15, 0.2) is 18.2 Å². The Bertz CT molecular complexity index is 685. The van der Waals surface area contributed by atoms with Crippen molar-refractivity contribution >= 4 is 15.9 Å². The Kier molecular flexibility index (Phi) is 5.07. The molecule has 0 spiro atoms. The molecule has 2 rings (SSSR count). The van der Waals surface area contributed by atoms with Gasteiger partial charge in [-0.1, -0.05) is 0 Å². The molecule has 1 amide bonds. The van der Waals surface area contributed by atoms with Gasteiger partial charge in [0.15, 0.2) is 0 Å². The van der Waals surface area contributed by atoms with Gasteiger partial charge in [-0.3, -0.25) is 4.79 Å². The second kappa shape index (κ2) is 6.54. The number of hydrogen-bond donors (Lipinski definition) is 1. The molecule has 1 heterocycles. The second-order valence-corrected chi connectivity index (χ2v) is 8.34. The third kappa shape index (κ3) is 4.07. The first-order valence-corrected chi connectivity index (χ1v) is 8.86. The largest absolute Gasteiger partial charge is 0.391 e. The maximum Gasteiger partial charge on any atom is 0.254 e. The highest BCUT2D eigenvalue weighted by molar-refractivity contribution is 7.89. The third-order valence-corrected chi connectivity index (χ3v) is 5.93. The van der Waals surface area contributed by atoms with Crippen molar-refractivity contribution < 1.29 is 22.7 Å². The zero-order valence-electron chi connectivity index (χ0n) is 13.4. The van der Waals surface area contributed by atoms with Gasteiger partial charge in [-0.2, -0.15) is 0 Å². The summed E-state index contributed by atoms with van der Waals surface area (Å²) in [5, 5.41) is 10.1. The van der Waals surface area contributed by atoms with Crippen LogP contribution in [0.1, 0.15) is 15.9 Å². The van der Waals surface area contributed by atoms with Gasteiger partial charge in [0.2, 0.25) is 10.0 Å². The van der Waals surface area contributed by atoms with Crippen LogP contribution < -0.4 is 0 Å². The quantitative estimate of drug-likeness (QED) is 0.861. The van der Waals surface area contributed by atoms with Crippen LogP contribution in [0.3, 0.4) is 0 Å². The Hall–Kier alpha value is -1.51. The Morgan fingerprint density at radius 2 is 2.00 bits per heavy atom. The number of β-amino-alcohol motifs (C(OH)–C–C–N with tert-alkyl or cyclic N) is 1. The SMILES string of the molecule is Cc1cc(F)cc(C(=O)N2C[C@@H](CS(=O)(=O)N(C)C)[C@H](O)C2)c1. The maximum atomic E-state index is 13.4. The molecule has 128 valence electrons. The summed E-state index contributed by atoms with van der Waals surface area (Å²) in [4.78, 5) is 13.8. The van der Waals surface area contributed by atoms with Crippen molar-refractivity contribution in [2.75, 3.05) is 32.9 Å². The molecule has 0 unspecified atom stereocenters. The molecular formula is C15H21FN2O4S. The van der Waals surface area contributed by atoms with E-state index in [1.54, 1.807) is 13.0 Å². The smallest absolute Gasteiger partial charge is 0.254 e. The average molecular weight is 344 g/mol. The van der Waals surface area contributed by atoms with Gasteiger partial charge in [0, 0.05) is 38.7 Å². The van der Waals surface area contributed by atoms with E-state index in [1.807, 2.05) is 0 Å². The molecule has 1 N–H and O–H groups in total. The lowest BCUT2D eigenvalue weighted by atomic mass is 10.1. The number of amides is 1. The Labute approximate surface area is 135 Å².